The Balaban J connectivity index is 4.69. The number of nitrogens with zero attached hydrogens (tertiary/aromatic N) is 2. The molecular formula is C57H114N2O4S2. The van der Waals surface area contributed by atoms with Gasteiger partial charge in [-0.1, -0.05) is 195 Å². The minimum absolute atomic E-state index is 0.148. The number of unbranched alkanes of at least 4 members (excludes halogenated alkanes) is 28. The molecule has 2 N–H and O–H groups in total. The highest BCUT2D eigenvalue weighted by Crippen LogP contribution is 2.21. The molecule has 0 aromatic heterocycles. The highest BCUT2D eigenvalue weighted by Gasteiger charge is 2.15. The summed E-state index contributed by atoms with van der Waals surface area (Å²) >= 11 is 11.6. The van der Waals surface area contributed by atoms with Crippen LogP contribution in [0.2, 0.25) is 0 Å². The van der Waals surface area contributed by atoms with Gasteiger partial charge in [0.15, 0.2) is 10.1 Å². The average molecular weight is 956 g/mol. The molecule has 8 heteroatoms. The number of hydrogen-bond acceptors (Lipinski definition) is 8. The molecule has 0 atom stereocenters. The van der Waals surface area contributed by atoms with Gasteiger partial charge in [0.25, 0.3) is 0 Å². The zero-order chi connectivity index (χ0) is 47.5. The van der Waals surface area contributed by atoms with E-state index in [-0.39, 0.29) is 13.2 Å². The van der Waals surface area contributed by atoms with Crippen molar-refractivity contribution >= 4 is 34.5 Å². The van der Waals surface area contributed by atoms with E-state index >= 15 is 0 Å². The zero-order valence-electron chi connectivity index (χ0n) is 44.2. The molecule has 0 bridgehead atoms. The fourth-order valence-electron chi connectivity index (χ4n) is 9.37. The maximum atomic E-state index is 9.50. The molecule has 0 amide bonds. The standard InChI is InChI=1S/C57H114N2O4S2/c1-5-9-13-17-23-31-40-54(41-32-24-18-14-10-6-2)62-56(64)44-35-27-21-29-37-46-58(48-39-49-59(50-52-60)51-53-61)47-38-30-22-28-36-45-57(65)63-55(42-33-25-19-15-11-7-3)43-34-26-20-16-12-8-4/h54-55,60-61H,5-53H2,1-4H3. The molecule has 0 saturated heterocycles. The first-order valence-corrected chi connectivity index (χ1v) is 29.8. The second-order valence-corrected chi connectivity index (χ2v) is 20.9. The monoisotopic (exact) mass is 955 g/mol. The van der Waals surface area contributed by atoms with E-state index in [0.717, 1.165) is 68.4 Å². The van der Waals surface area contributed by atoms with Crippen LogP contribution in [0.4, 0.5) is 0 Å². The molecular weight excluding hydrogens is 841 g/mol. The zero-order valence-corrected chi connectivity index (χ0v) is 45.9. The molecule has 0 aliphatic rings. The molecule has 0 aromatic rings. The summed E-state index contributed by atoms with van der Waals surface area (Å²) in [6.45, 7) is 15.1. The Labute approximate surface area is 417 Å². The summed E-state index contributed by atoms with van der Waals surface area (Å²) in [6, 6.07) is 0. The maximum absolute atomic E-state index is 9.50. The number of aliphatic hydroxyl groups excluding tert-OH is 2. The van der Waals surface area contributed by atoms with Crippen molar-refractivity contribution in [1.29, 1.82) is 0 Å². The third-order valence-electron chi connectivity index (χ3n) is 13.6. The average Bonchev–Trinajstić information content (AvgIpc) is 3.29. The second kappa shape index (κ2) is 53.0. The molecule has 0 aliphatic heterocycles. The van der Waals surface area contributed by atoms with Crippen LogP contribution in [0, 0.1) is 0 Å². The van der Waals surface area contributed by atoms with Crippen molar-refractivity contribution in [3.05, 3.63) is 0 Å². The van der Waals surface area contributed by atoms with Crippen molar-refractivity contribution in [2.45, 2.75) is 303 Å². The Morgan fingerprint density at radius 2 is 0.569 bits per heavy atom. The normalized spacial score (nSPS) is 11.8. The van der Waals surface area contributed by atoms with Gasteiger partial charge in [0.2, 0.25) is 0 Å². The van der Waals surface area contributed by atoms with Crippen molar-refractivity contribution in [3.8, 4) is 0 Å². The minimum atomic E-state index is 0.148. The van der Waals surface area contributed by atoms with E-state index in [2.05, 4.69) is 37.5 Å². The molecule has 0 fully saturated rings. The highest BCUT2D eigenvalue weighted by atomic mass is 32.1. The third-order valence-corrected chi connectivity index (χ3v) is 14.2. The van der Waals surface area contributed by atoms with Crippen LogP contribution in [-0.2, 0) is 9.47 Å². The number of thiocarbonyl (C=S) groups is 2. The Bertz CT molecular complexity index is 871. The van der Waals surface area contributed by atoms with Gasteiger partial charge in [-0.25, -0.2) is 0 Å². The van der Waals surface area contributed by atoms with Crippen LogP contribution >= 0.6 is 24.4 Å². The van der Waals surface area contributed by atoms with Crippen LogP contribution in [0.3, 0.4) is 0 Å². The van der Waals surface area contributed by atoms with Gasteiger partial charge in [-0.05, 0) is 134 Å². The molecule has 0 unspecified atom stereocenters. The van der Waals surface area contributed by atoms with E-state index in [4.69, 9.17) is 33.9 Å². The van der Waals surface area contributed by atoms with Crippen LogP contribution in [0.1, 0.15) is 291 Å². The van der Waals surface area contributed by atoms with Gasteiger partial charge in [0.1, 0.15) is 0 Å². The topological polar surface area (TPSA) is 65.4 Å². The van der Waals surface area contributed by atoms with Crippen LogP contribution in [-0.4, -0.2) is 94.8 Å². The van der Waals surface area contributed by atoms with Gasteiger partial charge in [-0.15, -0.1) is 0 Å². The predicted octanol–water partition coefficient (Wildman–Crippen LogP) is 17.1. The fraction of sp³-hybridized carbons (Fsp3) is 0.965. The van der Waals surface area contributed by atoms with Gasteiger partial charge >= 0.3 is 0 Å². The van der Waals surface area contributed by atoms with Crippen LogP contribution in [0.15, 0.2) is 0 Å². The Morgan fingerprint density at radius 3 is 0.877 bits per heavy atom. The first kappa shape index (κ1) is 64.6. The lowest BCUT2D eigenvalue weighted by Crippen LogP contribution is -2.34. The van der Waals surface area contributed by atoms with E-state index in [0.29, 0.717) is 25.3 Å². The first-order chi connectivity index (χ1) is 31.9. The summed E-state index contributed by atoms with van der Waals surface area (Å²) in [6.07, 6.45) is 52.6. The Morgan fingerprint density at radius 1 is 0.323 bits per heavy atom. The van der Waals surface area contributed by atoms with E-state index in [1.54, 1.807) is 0 Å². The number of rotatable bonds is 54. The summed E-state index contributed by atoms with van der Waals surface area (Å²) in [5.41, 5.74) is 0. The minimum Gasteiger partial charge on any atom is -0.484 e. The largest absolute Gasteiger partial charge is 0.484 e. The van der Waals surface area contributed by atoms with Crippen LogP contribution < -0.4 is 0 Å². The smallest absolute Gasteiger partial charge is 0.160 e. The van der Waals surface area contributed by atoms with E-state index < -0.39 is 0 Å². The Kier molecular flexibility index (Phi) is 52.7. The van der Waals surface area contributed by atoms with Crippen molar-refractivity contribution in [1.82, 2.24) is 9.80 Å². The fourth-order valence-corrected chi connectivity index (χ4v) is 9.93. The molecule has 0 aromatic carbocycles. The van der Waals surface area contributed by atoms with E-state index in [1.165, 1.54) is 231 Å². The summed E-state index contributed by atoms with van der Waals surface area (Å²) in [5, 5.41) is 20.7. The molecule has 0 radical (unpaired) electrons. The van der Waals surface area contributed by atoms with Crippen molar-refractivity contribution in [2.75, 3.05) is 52.5 Å². The number of ether oxygens (including phenoxy) is 2. The molecule has 0 aliphatic carbocycles. The maximum Gasteiger partial charge on any atom is 0.160 e. The van der Waals surface area contributed by atoms with Crippen LogP contribution in [0.25, 0.3) is 0 Å². The van der Waals surface area contributed by atoms with Crippen molar-refractivity contribution in [2.24, 2.45) is 0 Å². The van der Waals surface area contributed by atoms with Crippen molar-refractivity contribution < 1.29 is 19.7 Å². The summed E-state index contributed by atoms with van der Waals surface area (Å²) in [4.78, 5) is 4.88. The lowest BCUT2D eigenvalue weighted by molar-refractivity contribution is 0.152. The SMILES string of the molecule is CCCCCCCCC(CCCCCCCC)OC(=S)CCCCCCCN(CCCCCCCC(=S)OC(CCCCCCCC)CCCCCCCC)CCCN(CCO)CCO. The van der Waals surface area contributed by atoms with Crippen LogP contribution in [0.5, 0.6) is 0 Å². The van der Waals surface area contributed by atoms with Gasteiger partial charge in [0.05, 0.1) is 25.4 Å². The molecule has 6 nitrogen and oxygen atoms in total. The molecule has 0 saturated carbocycles. The molecule has 65 heavy (non-hydrogen) atoms. The number of aliphatic hydroxyl groups is 2. The molecule has 0 heterocycles. The van der Waals surface area contributed by atoms with E-state index in [9.17, 15) is 10.2 Å². The molecule has 388 valence electrons. The lowest BCUT2D eigenvalue weighted by Gasteiger charge is -2.25. The quantitative estimate of drug-likeness (QED) is 0.0462. The molecule has 0 spiro atoms. The summed E-state index contributed by atoms with van der Waals surface area (Å²) in [7, 11) is 0. The molecule has 0 rings (SSSR count). The lowest BCUT2D eigenvalue weighted by atomic mass is 10.0. The van der Waals surface area contributed by atoms with Gasteiger partial charge in [0, 0.05) is 25.9 Å². The third kappa shape index (κ3) is 47.1. The van der Waals surface area contributed by atoms with Gasteiger partial charge in [-0.3, -0.25) is 4.90 Å². The summed E-state index contributed by atoms with van der Waals surface area (Å²) < 4.78 is 12.9. The highest BCUT2D eigenvalue weighted by molar-refractivity contribution is 7.80. The first-order valence-electron chi connectivity index (χ1n) is 29.0. The Hall–Kier alpha value is -0.380. The summed E-state index contributed by atoms with van der Waals surface area (Å²) in [5.74, 6) is 0. The van der Waals surface area contributed by atoms with Gasteiger partial charge in [-0.2, -0.15) is 0 Å². The van der Waals surface area contributed by atoms with Crippen molar-refractivity contribution in [3.63, 3.8) is 0 Å². The predicted molar refractivity (Wildman–Crippen MR) is 294 cm³/mol. The van der Waals surface area contributed by atoms with Gasteiger partial charge < -0.3 is 24.6 Å². The number of hydrogen-bond donors (Lipinski definition) is 2. The second-order valence-electron chi connectivity index (χ2n) is 20.0. The van der Waals surface area contributed by atoms with E-state index in [1.807, 2.05) is 0 Å².